The molecule has 1 unspecified atom stereocenters. The lowest BCUT2D eigenvalue weighted by atomic mass is 10.1. The van der Waals surface area contributed by atoms with Gasteiger partial charge in [-0.25, -0.2) is 0 Å². The van der Waals surface area contributed by atoms with Crippen molar-refractivity contribution in [3.63, 3.8) is 0 Å². The number of hydrogen-bond donors (Lipinski definition) is 2. The third-order valence-corrected chi connectivity index (χ3v) is 3.72. The normalized spacial score (nSPS) is 20.3. The van der Waals surface area contributed by atoms with Crippen LogP contribution in [0.5, 0.6) is 5.75 Å². The Kier molecular flexibility index (Phi) is 3.20. The van der Waals surface area contributed by atoms with Gasteiger partial charge in [0.1, 0.15) is 0 Å². The maximum absolute atomic E-state index is 12.1. The minimum Gasteiger partial charge on any atom is -0.494 e. The van der Waals surface area contributed by atoms with E-state index in [9.17, 15) is 4.79 Å². The van der Waals surface area contributed by atoms with Crippen molar-refractivity contribution < 1.29 is 9.53 Å². The summed E-state index contributed by atoms with van der Waals surface area (Å²) in [4.78, 5) is 12.1. The van der Waals surface area contributed by atoms with Gasteiger partial charge in [0.2, 0.25) is 0 Å². The van der Waals surface area contributed by atoms with E-state index < -0.39 is 0 Å². The summed E-state index contributed by atoms with van der Waals surface area (Å²) in [6.07, 6.45) is 1.17. The molecule has 1 amide bonds. The van der Waals surface area contributed by atoms with Crippen LogP contribution in [-0.4, -0.2) is 19.6 Å². The first-order chi connectivity index (χ1) is 8.45. The van der Waals surface area contributed by atoms with Gasteiger partial charge in [-0.3, -0.25) is 4.79 Å². The van der Waals surface area contributed by atoms with Gasteiger partial charge in [0.15, 0.2) is 5.75 Å². The van der Waals surface area contributed by atoms with Crippen LogP contribution in [0.3, 0.4) is 0 Å². The zero-order valence-electron chi connectivity index (χ0n) is 11.1. The van der Waals surface area contributed by atoms with Gasteiger partial charge < -0.3 is 15.8 Å². The van der Waals surface area contributed by atoms with Crippen molar-refractivity contribution in [1.82, 2.24) is 5.32 Å². The zero-order chi connectivity index (χ0) is 13.3. The maximum Gasteiger partial charge on any atom is 0.255 e. The molecule has 0 spiro atoms. The molecular weight excluding hydrogens is 228 g/mol. The second-order valence-electron chi connectivity index (χ2n) is 5.53. The maximum atomic E-state index is 12.1. The van der Waals surface area contributed by atoms with Crippen LogP contribution in [0.4, 0.5) is 5.69 Å². The summed E-state index contributed by atoms with van der Waals surface area (Å²) in [6.45, 7) is 5.14. The molecule has 1 aliphatic rings. The van der Waals surface area contributed by atoms with Gasteiger partial charge in [-0.05, 0) is 29.9 Å². The van der Waals surface area contributed by atoms with Crippen molar-refractivity contribution in [1.29, 1.82) is 0 Å². The van der Waals surface area contributed by atoms with Gasteiger partial charge in [-0.1, -0.05) is 19.9 Å². The lowest BCUT2D eigenvalue weighted by Gasteiger charge is -2.11. The predicted molar refractivity (Wildman–Crippen MR) is 71.6 cm³/mol. The topological polar surface area (TPSA) is 64.3 Å². The average Bonchev–Trinajstić information content (AvgIpc) is 2.93. The third-order valence-electron chi connectivity index (χ3n) is 3.72. The molecule has 0 aromatic heterocycles. The number of ether oxygens (including phenoxy) is 1. The number of amides is 1. The summed E-state index contributed by atoms with van der Waals surface area (Å²) in [7, 11) is 1.52. The molecule has 18 heavy (non-hydrogen) atoms. The van der Waals surface area contributed by atoms with Gasteiger partial charge in [0.05, 0.1) is 18.4 Å². The molecule has 4 nitrogen and oxygen atoms in total. The van der Waals surface area contributed by atoms with Crippen LogP contribution in [0.15, 0.2) is 18.2 Å². The van der Waals surface area contributed by atoms with Gasteiger partial charge in [0, 0.05) is 6.54 Å². The number of para-hydroxylation sites is 1. The molecule has 0 aliphatic heterocycles. The van der Waals surface area contributed by atoms with E-state index in [1.807, 2.05) is 0 Å². The second-order valence-corrected chi connectivity index (χ2v) is 5.53. The fourth-order valence-electron chi connectivity index (χ4n) is 2.20. The number of nitrogens with two attached hydrogens (primary N) is 1. The minimum absolute atomic E-state index is 0.123. The number of benzene rings is 1. The highest BCUT2D eigenvalue weighted by atomic mass is 16.5. The van der Waals surface area contributed by atoms with Crippen LogP contribution in [0.25, 0.3) is 0 Å². The Bertz CT molecular complexity index is 469. The summed E-state index contributed by atoms with van der Waals surface area (Å²) in [6, 6.07) is 5.20. The molecule has 1 fully saturated rings. The van der Waals surface area contributed by atoms with E-state index in [0.717, 1.165) is 0 Å². The molecule has 0 bridgehead atoms. The van der Waals surface area contributed by atoms with Crippen molar-refractivity contribution in [3.8, 4) is 5.75 Å². The van der Waals surface area contributed by atoms with Gasteiger partial charge >= 0.3 is 0 Å². The van der Waals surface area contributed by atoms with Crippen LogP contribution >= 0.6 is 0 Å². The molecule has 1 saturated carbocycles. The monoisotopic (exact) mass is 248 g/mol. The van der Waals surface area contributed by atoms with Crippen LogP contribution in [0.1, 0.15) is 30.6 Å². The van der Waals surface area contributed by atoms with Gasteiger partial charge in [-0.2, -0.15) is 0 Å². The van der Waals surface area contributed by atoms with Crippen molar-refractivity contribution in [2.75, 3.05) is 19.4 Å². The third kappa shape index (κ3) is 2.42. The summed E-state index contributed by atoms with van der Waals surface area (Å²) in [5, 5.41) is 2.94. The Morgan fingerprint density at radius 2 is 2.22 bits per heavy atom. The highest BCUT2D eigenvalue weighted by Gasteiger charge is 2.45. The quantitative estimate of drug-likeness (QED) is 0.802. The van der Waals surface area contributed by atoms with E-state index in [1.165, 1.54) is 13.5 Å². The van der Waals surface area contributed by atoms with Crippen LogP contribution in [0.2, 0.25) is 0 Å². The van der Waals surface area contributed by atoms with Crippen molar-refractivity contribution in [3.05, 3.63) is 23.8 Å². The molecular formula is C14H20N2O2. The van der Waals surface area contributed by atoms with E-state index in [-0.39, 0.29) is 5.91 Å². The van der Waals surface area contributed by atoms with E-state index in [1.54, 1.807) is 18.2 Å². The van der Waals surface area contributed by atoms with Crippen LogP contribution < -0.4 is 15.8 Å². The fourth-order valence-corrected chi connectivity index (χ4v) is 2.20. The first kappa shape index (κ1) is 12.7. The van der Waals surface area contributed by atoms with E-state index in [2.05, 4.69) is 19.2 Å². The summed E-state index contributed by atoms with van der Waals surface area (Å²) < 4.78 is 5.17. The Balaban J connectivity index is 2.03. The SMILES string of the molecule is COc1c(N)cccc1C(=O)NCC1CC1(C)C. The lowest BCUT2D eigenvalue weighted by Crippen LogP contribution is -2.27. The molecule has 0 heterocycles. The highest BCUT2D eigenvalue weighted by molar-refractivity contribution is 5.98. The fraction of sp³-hybridized carbons (Fsp3) is 0.500. The summed E-state index contributed by atoms with van der Waals surface area (Å²) in [5.41, 5.74) is 7.12. The number of nitrogens with one attached hydrogen (secondary N) is 1. The summed E-state index contributed by atoms with van der Waals surface area (Å²) >= 11 is 0. The van der Waals surface area contributed by atoms with Crippen molar-refractivity contribution in [2.45, 2.75) is 20.3 Å². The molecule has 4 heteroatoms. The lowest BCUT2D eigenvalue weighted by molar-refractivity contribution is 0.0947. The molecule has 1 atom stereocenters. The molecule has 1 aliphatic carbocycles. The molecule has 98 valence electrons. The average molecular weight is 248 g/mol. The zero-order valence-corrected chi connectivity index (χ0v) is 11.1. The largest absolute Gasteiger partial charge is 0.494 e. The number of carbonyl (C=O) groups excluding carboxylic acids is 1. The Morgan fingerprint density at radius 1 is 1.56 bits per heavy atom. The molecule has 1 aromatic rings. The first-order valence-corrected chi connectivity index (χ1v) is 6.16. The van der Waals surface area contributed by atoms with E-state index >= 15 is 0 Å². The number of anilines is 1. The molecule has 0 saturated heterocycles. The standard InChI is InChI=1S/C14H20N2O2/c1-14(2)7-9(14)8-16-13(17)10-5-4-6-11(15)12(10)18-3/h4-6,9H,7-8,15H2,1-3H3,(H,16,17). The Labute approximate surface area is 108 Å². The molecule has 2 rings (SSSR count). The number of nitrogen functional groups attached to an aromatic ring is 1. The number of hydrogen-bond acceptors (Lipinski definition) is 3. The summed E-state index contributed by atoms with van der Waals surface area (Å²) in [5.74, 6) is 0.903. The van der Waals surface area contributed by atoms with Crippen molar-refractivity contribution in [2.24, 2.45) is 11.3 Å². The van der Waals surface area contributed by atoms with Gasteiger partial charge in [0.25, 0.3) is 5.91 Å². The van der Waals surface area contributed by atoms with E-state index in [0.29, 0.717) is 34.9 Å². The Morgan fingerprint density at radius 3 is 2.78 bits per heavy atom. The van der Waals surface area contributed by atoms with Crippen molar-refractivity contribution >= 4 is 11.6 Å². The second kappa shape index (κ2) is 4.52. The highest BCUT2D eigenvalue weighted by Crippen LogP contribution is 2.51. The van der Waals surface area contributed by atoms with Crippen LogP contribution in [0, 0.1) is 11.3 Å². The van der Waals surface area contributed by atoms with E-state index in [4.69, 9.17) is 10.5 Å². The smallest absolute Gasteiger partial charge is 0.255 e. The molecule has 0 radical (unpaired) electrons. The molecule has 3 N–H and O–H groups in total. The molecule has 1 aromatic carbocycles. The number of methoxy groups -OCH3 is 1. The first-order valence-electron chi connectivity index (χ1n) is 6.16. The van der Waals surface area contributed by atoms with Gasteiger partial charge in [-0.15, -0.1) is 0 Å². The minimum atomic E-state index is -0.123. The Hall–Kier alpha value is -1.71. The van der Waals surface area contributed by atoms with Crippen LogP contribution in [-0.2, 0) is 0 Å². The number of carbonyl (C=O) groups is 1. The number of rotatable bonds is 4. The predicted octanol–water partition coefficient (Wildman–Crippen LogP) is 2.05.